The van der Waals surface area contributed by atoms with Gasteiger partial charge < -0.3 is 0 Å². The third kappa shape index (κ3) is 18.2. The molecule has 0 heterocycles. The monoisotopic (exact) mass is 590 g/mol. The van der Waals surface area contributed by atoms with Gasteiger partial charge in [-0.25, -0.2) is 0 Å². The van der Waals surface area contributed by atoms with Crippen molar-refractivity contribution in [3.63, 3.8) is 0 Å². The van der Waals surface area contributed by atoms with Crippen molar-refractivity contribution in [2.75, 3.05) is 0 Å². The lowest BCUT2D eigenvalue weighted by atomic mass is 10.1. The quantitative estimate of drug-likeness (QED) is 0.116. The molecule has 0 aromatic carbocycles. The molecule has 18 heavy (non-hydrogen) atoms. The Morgan fingerprint density at radius 3 is 1.22 bits per heavy atom. The SMILES string of the molecule is CCCCCCCCCCCCCCC(I)(I)I. The van der Waals surface area contributed by atoms with E-state index in [-0.39, 0.29) is 0 Å². The summed E-state index contributed by atoms with van der Waals surface area (Å²) < 4.78 is 0.450. The fraction of sp³-hybridized carbons (Fsp3) is 1.00. The lowest BCUT2D eigenvalue weighted by Gasteiger charge is -2.11. The molecule has 0 aromatic heterocycles. The van der Waals surface area contributed by atoms with Crippen molar-refractivity contribution in [2.24, 2.45) is 0 Å². The summed E-state index contributed by atoms with van der Waals surface area (Å²) in [6, 6.07) is 0. The van der Waals surface area contributed by atoms with Gasteiger partial charge in [0.1, 0.15) is -0.565 Å². The van der Waals surface area contributed by atoms with Gasteiger partial charge in [-0.1, -0.05) is 152 Å². The van der Waals surface area contributed by atoms with Crippen molar-refractivity contribution >= 4 is 67.8 Å². The number of rotatable bonds is 13. The van der Waals surface area contributed by atoms with E-state index < -0.39 is 0 Å². The van der Waals surface area contributed by atoms with Crippen LogP contribution in [-0.4, -0.2) is -0.565 Å². The highest BCUT2D eigenvalue weighted by molar-refractivity contribution is 14.3. The summed E-state index contributed by atoms with van der Waals surface area (Å²) in [6.07, 6.45) is 18.7. The number of hydrogen-bond acceptors (Lipinski definition) is 0. The van der Waals surface area contributed by atoms with Crippen LogP contribution in [0.25, 0.3) is 0 Å². The second-order valence-corrected chi connectivity index (χ2v) is 17.0. The minimum Gasteiger partial charge on any atom is -0.0654 e. The Morgan fingerprint density at radius 1 is 0.556 bits per heavy atom. The van der Waals surface area contributed by atoms with Crippen molar-refractivity contribution in [3.8, 4) is 0 Å². The summed E-state index contributed by atoms with van der Waals surface area (Å²) in [5.41, 5.74) is 0. The average Bonchev–Trinajstić information content (AvgIpc) is 2.29. The number of unbranched alkanes of at least 4 members (excludes halogenated alkanes) is 11. The molecule has 0 saturated carbocycles. The first kappa shape index (κ1) is 20.2. The van der Waals surface area contributed by atoms with Gasteiger partial charge in [0.25, 0.3) is 0 Å². The van der Waals surface area contributed by atoms with Crippen LogP contribution < -0.4 is 0 Å². The molecule has 0 saturated heterocycles. The minimum absolute atomic E-state index is 0.450. The summed E-state index contributed by atoms with van der Waals surface area (Å²) in [5, 5.41) is 0. The summed E-state index contributed by atoms with van der Waals surface area (Å²) >= 11 is 7.63. The van der Waals surface area contributed by atoms with Crippen LogP contribution in [0.15, 0.2) is 0 Å². The molecular formula is C15H29I3. The molecule has 0 bridgehead atoms. The molecule has 0 N–H and O–H groups in total. The third-order valence-corrected chi connectivity index (χ3v) is 4.93. The molecule has 0 spiro atoms. The van der Waals surface area contributed by atoms with Gasteiger partial charge >= 0.3 is 0 Å². The first-order valence-electron chi connectivity index (χ1n) is 7.63. The Kier molecular flexibility index (Phi) is 15.9. The Labute approximate surface area is 156 Å². The van der Waals surface area contributed by atoms with Gasteiger partial charge in [0.05, 0.1) is 0 Å². The topological polar surface area (TPSA) is 0 Å². The van der Waals surface area contributed by atoms with Gasteiger partial charge in [-0.3, -0.25) is 0 Å². The molecular weight excluding hydrogens is 561 g/mol. The summed E-state index contributed by atoms with van der Waals surface area (Å²) in [4.78, 5) is 0. The molecule has 0 amide bonds. The molecule has 0 atom stereocenters. The van der Waals surface area contributed by atoms with E-state index >= 15 is 0 Å². The third-order valence-electron chi connectivity index (χ3n) is 3.31. The van der Waals surface area contributed by atoms with Crippen molar-refractivity contribution in [3.05, 3.63) is 0 Å². The van der Waals surface area contributed by atoms with E-state index in [4.69, 9.17) is 0 Å². The standard InChI is InChI=1S/C15H29I3/c1-2-3-4-5-6-7-8-9-10-11-12-13-14-15(16,17)18/h2-14H2,1H3. The van der Waals surface area contributed by atoms with Gasteiger partial charge in [-0.2, -0.15) is 0 Å². The molecule has 0 nitrogen and oxygen atoms in total. The van der Waals surface area contributed by atoms with E-state index in [0.717, 1.165) is 0 Å². The average molecular weight is 590 g/mol. The fourth-order valence-electron chi connectivity index (χ4n) is 2.17. The fourth-order valence-corrected chi connectivity index (χ4v) is 3.31. The van der Waals surface area contributed by atoms with Crippen LogP contribution in [0.3, 0.4) is 0 Å². The maximum atomic E-state index is 2.54. The van der Waals surface area contributed by atoms with E-state index in [1.165, 1.54) is 83.5 Å². The smallest absolute Gasteiger partial charge is 0.0654 e. The lowest BCUT2D eigenvalue weighted by Crippen LogP contribution is -1.97. The van der Waals surface area contributed by atoms with Crippen LogP contribution in [0, 0.1) is 0 Å². The molecule has 0 radical (unpaired) electrons. The normalized spacial score (nSPS) is 12.0. The molecule has 0 aliphatic rings. The zero-order valence-corrected chi connectivity index (χ0v) is 18.3. The molecule has 0 rings (SSSR count). The van der Waals surface area contributed by atoms with Gasteiger partial charge in [-0.05, 0) is 6.42 Å². The first-order valence-corrected chi connectivity index (χ1v) is 10.9. The highest BCUT2D eigenvalue weighted by Gasteiger charge is 2.15. The Morgan fingerprint density at radius 2 is 0.889 bits per heavy atom. The van der Waals surface area contributed by atoms with Crippen LogP contribution >= 0.6 is 67.8 Å². The van der Waals surface area contributed by atoms with Crippen molar-refractivity contribution in [2.45, 2.75) is 89.8 Å². The number of halogens is 3. The summed E-state index contributed by atoms with van der Waals surface area (Å²) in [6.45, 7) is 2.29. The molecule has 3 heteroatoms. The van der Waals surface area contributed by atoms with E-state index in [9.17, 15) is 0 Å². The molecule has 0 aliphatic carbocycles. The second kappa shape index (κ2) is 14.1. The van der Waals surface area contributed by atoms with Crippen LogP contribution in [0.4, 0.5) is 0 Å². The van der Waals surface area contributed by atoms with Crippen LogP contribution in [0.5, 0.6) is 0 Å². The van der Waals surface area contributed by atoms with Crippen molar-refractivity contribution < 1.29 is 0 Å². The van der Waals surface area contributed by atoms with Crippen molar-refractivity contribution in [1.29, 1.82) is 0 Å². The molecule has 110 valence electrons. The highest BCUT2D eigenvalue weighted by atomic mass is 127. The number of alkyl halides is 3. The molecule has 0 fully saturated rings. The first-order chi connectivity index (χ1) is 8.56. The predicted octanol–water partition coefficient (Wildman–Crippen LogP) is 8.04. The second-order valence-electron chi connectivity index (χ2n) is 5.25. The maximum Gasteiger partial charge on any atom is 0.124 e. The van der Waals surface area contributed by atoms with Gasteiger partial charge in [0.15, 0.2) is 0 Å². The van der Waals surface area contributed by atoms with E-state index in [1.54, 1.807) is 0 Å². The van der Waals surface area contributed by atoms with Gasteiger partial charge in [0, 0.05) is 0 Å². The number of hydrogen-bond donors (Lipinski definition) is 0. The zero-order chi connectivity index (χ0) is 13.7. The van der Waals surface area contributed by atoms with Gasteiger partial charge in [-0.15, -0.1) is 0 Å². The molecule has 0 aromatic rings. The lowest BCUT2D eigenvalue weighted by molar-refractivity contribution is 0.542. The highest BCUT2D eigenvalue weighted by Crippen LogP contribution is 2.40. The Bertz CT molecular complexity index is 164. The Balaban J connectivity index is 2.99. The minimum atomic E-state index is 0.450. The predicted molar refractivity (Wildman–Crippen MR) is 110 cm³/mol. The largest absolute Gasteiger partial charge is 0.124 e. The zero-order valence-electron chi connectivity index (χ0n) is 11.8. The summed E-state index contributed by atoms with van der Waals surface area (Å²) in [7, 11) is 0. The van der Waals surface area contributed by atoms with E-state index in [1.807, 2.05) is 0 Å². The Hall–Kier alpha value is 2.19. The van der Waals surface area contributed by atoms with Crippen LogP contribution in [-0.2, 0) is 0 Å². The summed E-state index contributed by atoms with van der Waals surface area (Å²) in [5.74, 6) is 0. The van der Waals surface area contributed by atoms with E-state index in [0.29, 0.717) is -0.565 Å². The van der Waals surface area contributed by atoms with Crippen LogP contribution in [0.2, 0.25) is 0 Å². The van der Waals surface area contributed by atoms with Crippen LogP contribution in [0.1, 0.15) is 90.4 Å². The maximum absolute atomic E-state index is 2.54. The molecule has 0 unspecified atom stereocenters. The van der Waals surface area contributed by atoms with Crippen molar-refractivity contribution in [1.82, 2.24) is 0 Å². The van der Waals surface area contributed by atoms with E-state index in [2.05, 4.69) is 74.7 Å². The molecule has 0 aliphatic heterocycles. The van der Waals surface area contributed by atoms with Gasteiger partial charge in [0.2, 0.25) is 0 Å².